The van der Waals surface area contributed by atoms with Gasteiger partial charge in [0.25, 0.3) is 0 Å². The van der Waals surface area contributed by atoms with Gasteiger partial charge in [0.15, 0.2) is 0 Å². The minimum Gasteiger partial charge on any atom is -0.376 e. The predicted molar refractivity (Wildman–Crippen MR) is 38.8 cm³/mol. The molecule has 1 rings (SSSR count). The topological polar surface area (TPSA) is 62.2 Å². The lowest BCUT2D eigenvalue weighted by Crippen LogP contribution is -2.55. The van der Waals surface area contributed by atoms with Gasteiger partial charge >= 0.3 is 6.03 Å². The number of hydrogen-bond donors (Lipinski definition) is 1. The normalized spacial score (nSPS) is 24.9. The van der Waals surface area contributed by atoms with Gasteiger partial charge in [-0.3, -0.25) is 4.90 Å². The number of aliphatic hydroxyl groups excluding tert-OH is 1. The van der Waals surface area contributed by atoms with Crippen LogP contribution in [0.1, 0.15) is 0 Å². The molecule has 0 radical (unpaired) electrons. The molecule has 0 aromatic rings. The van der Waals surface area contributed by atoms with Crippen molar-refractivity contribution in [1.82, 2.24) is 9.80 Å². The van der Waals surface area contributed by atoms with Crippen LogP contribution in [0.5, 0.6) is 0 Å². The van der Waals surface area contributed by atoms with Crippen molar-refractivity contribution in [1.29, 1.82) is 0 Å². The van der Waals surface area contributed by atoms with Gasteiger partial charge in [0.05, 0.1) is 0 Å². The summed E-state index contributed by atoms with van der Waals surface area (Å²) in [5.74, 6) is 0. The van der Waals surface area contributed by atoms with Crippen molar-refractivity contribution in [3.63, 3.8) is 0 Å². The Bertz CT molecular complexity index is 175. The molecular weight excluding hydrogens is 164 g/mol. The summed E-state index contributed by atoms with van der Waals surface area (Å²) in [6.45, 7) is -0.241. The number of amides is 2. The first-order chi connectivity index (χ1) is 5.70. The van der Waals surface area contributed by atoms with Crippen LogP contribution in [0, 0.1) is 0 Å². The molecule has 1 N–H and O–H groups in total. The van der Waals surface area contributed by atoms with E-state index in [4.69, 9.17) is 14.6 Å². The Morgan fingerprint density at radius 1 is 1.83 bits per heavy atom. The number of ether oxygens (including phenoxy) is 2. The van der Waals surface area contributed by atoms with Crippen molar-refractivity contribution in [2.45, 2.75) is 6.41 Å². The monoisotopic (exact) mass is 176 g/mol. The first-order valence-electron chi connectivity index (χ1n) is 3.47. The van der Waals surface area contributed by atoms with Crippen LogP contribution in [0.15, 0.2) is 0 Å². The van der Waals surface area contributed by atoms with Gasteiger partial charge in [-0.25, -0.2) is 4.79 Å². The van der Waals surface area contributed by atoms with Crippen molar-refractivity contribution in [3.8, 4) is 0 Å². The lowest BCUT2D eigenvalue weighted by atomic mass is 10.6. The molecule has 12 heavy (non-hydrogen) atoms. The first kappa shape index (κ1) is 9.24. The van der Waals surface area contributed by atoms with E-state index in [1.807, 2.05) is 0 Å². The summed E-state index contributed by atoms with van der Waals surface area (Å²) in [5, 5.41) is 8.80. The van der Waals surface area contributed by atoms with Gasteiger partial charge < -0.3 is 19.5 Å². The molecule has 70 valence electrons. The van der Waals surface area contributed by atoms with E-state index in [0.29, 0.717) is 0 Å². The molecule has 1 aliphatic heterocycles. The standard InChI is InChI=1S/C6H12N2O4/c1-7-4-12-6(11-2)8(3-9)5(7)10/h6,9H,3-4H2,1-2H3. The minimum atomic E-state index is -0.779. The fourth-order valence-corrected chi connectivity index (χ4v) is 0.953. The second kappa shape index (κ2) is 3.70. The van der Waals surface area contributed by atoms with Gasteiger partial charge in [-0.15, -0.1) is 0 Å². The second-order valence-corrected chi connectivity index (χ2v) is 2.43. The summed E-state index contributed by atoms with van der Waals surface area (Å²) in [6, 6.07) is -0.310. The van der Waals surface area contributed by atoms with Crippen LogP contribution in [0.3, 0.4) is 0 Å². The van der Waals surface area contributed by atoms with E-state index in [0.717, 1.165) is 4.90 Å². The number of aliphatic hydroxyl groups is 1. The molecule has 0 aromatic heterocycles. The van der Waals surface area contributed by atoms with Crippen LogP contribution in [-0.4, -0.2) is 55.0 Å². The third-order valence-corrected chi connectivity index (χ3v) is 1.59. The predicted octanol–water partition coefficient (Wildman–Crippen LogP) is -0.792. The van der Waals surface area contributed by atoms with Crippen molar-refractivity contribution in [2.75, 3.05) is 27.6 Å². The molecule has 0 aliphatic carbocycles. The highest BCUT2D eigenvalue weighted by atomic mass is 16.7. The number of nitrogens with zero attached hydrogens (tertiary/aromatic N) is 2. The fraction of sp³-hybridized carbons (Fsp3) is 0.833. The summed E-state index contributed by atoms with van der Waals surface area (Å²) < 4.78 is 9.87. The van der Waals surface area contributed by atoms with Gasteiger partial charge in [-0.2, -0.15) is 0 Å². The Balaban J connectivity index is 2.65. The molecule has 1 saturated heterocycles. The van der Waals surface area contributed by atoms with Crippen LogP contribution in [0.25, 0.3) is 0 Å². The summed E-state index contributed by atoms with van der Waals surface area (Å²) in [4.78, 5) is 13.7. The van der Waals surface area contributed by atoms with Gasteiger partial charge in [0.1, 0.15) is 13.5 Å². The quantitative estimate of drug-likeness (QED) is 0.598. The first-order valence-corrected chi connectivity index (χ1v) is 3.47. The number of hydrogen-bond acceptors (Lipinski definition) is 4. The smallest absolute Gasteiger partial charge is 0.327 e. The van der Waals surface area contributed by atoms with Gasteiger partial charge in [-0.05, 0) is 0 Å². The molecule has 0 saturated carbocycles. The maximum absolute atomic E-state index is 11.3. The molecule has 0 bridgehead atoms. The minimum absolute atomic E-state index is 0.174. The maximum Gasteiger partial charge on any atom is 0.327 e. The zero-order valence-electron chi connectivity index (χ0n) is 7.06. The van der Waals surface area contributed by atoms with Crippen molar-refractivity contribution < 1.29 is 19.4 Å². The largest absolute Gasteiger partial charge is 0.376 e. The Labute approximate surface area is 70.3 Å². The molecule has 0 aromatic carbocycles. The van der Waals surface area contributed by atoms with Crippen LogP contribution in [0.2, 0.25) is 0 Å². The number of methoxy groups -OCH3 is 1. The molecule has 6 nitrogen and oxygen atoms in total. The fourth-order valence-electron chi connectivity index (χ4n) is 0.953. The average molecular weight is 176 g/mol. The summed E-state index contributed by atoms with van der Waals surface area (Å²) in [6.07, 6.45) is -0.779. The highest BCUT2D eigenvalue weighted by Crippen LogP contribution is 2.11. The third-order valence-electron chi connectivity index (χ3n) is 1.59. The van der Waals surface area contributed by atoms with Crippen LogP contribution in [0.4, 0.5) is 4.79 Å². The Morgan fingerprint density at radius 3 is 3.00 bits per heavy atom. The van der Waals surface area contributed by atoms with E-state index >= 15 is 0 Å². The third kappa shape index (κ3) is 1.50. The SMILES string of the molecule is COC1OCN(C)C(=O)N1CO. The van der Waals surface area contributed by atoms with Crippen LogP contribution in [-0.2, 0) is 9.47 Å². The van der Waals surface area contributed by atoms with E-state index in [9.17, 15) is 4.79 Å². The van der Waals surface area contributed by atoms with Crippen LogP contribution >= 0.6 is 0 Å². The number of urea groups is 1. The molecule has 6 heteroatoms. The van der Waals surface area contributed by atoms with E-state index < -0.39 is 13.1 Å². The van der Waals surface area contributed by atoms with Crippen molar-refractivity contribution in [2.24, 2.45) is 0 Å². The molecule has 0 spiro atoms. The van der Waals surface area contributed by atoms with Gasteiger partial charge in [-0.1, -0.05) is 0 Å². The van der Waals surface area contributed by atoms with Crippen molar-refractivity contribution in [3.05, 3.63) is 0 Å². The molecule has 1 aliphatic rings. The van der Waals surface area contributed by atoms with E-state index in [1.54, 1.807) is 7.05 Å². The maximum atomic E-state index is 11.3. The summed E-state index contributed by atoms with van der Waals surface area (Å²) in [7, 11) is 2.99. The highest BCUT2D eigenvalue weighted by molar-refractivity contribution is 5.74. The molecule has 1 heterocycles. The molecule has 1 unspecified atom stereocenters. The second-order valence-electron chi connectivity index (χ2n) is 2.43. The Kier molecular flexibility index (Phi) is 2.85. The molecule has 1 atom stereocenters. The van der Waals surface area contributed by atoms with Crippen molar-refractivity contribution >= 4 is 6.03 Å². The van der Waals surface area contributed by atoms with Crippen LogP contribution < -0.4 is 0 Å². The van der Waals surface area contributed by atoms with E-state index in [2.05, 4.69) is 0 Å². The zero-order chi connectivity index (χ0) is 9.14. The molecular formula is C6H12N2O4. The number of carbonyl (C=O) groups is 1. The summed E-state index contributed by atoms with van der Waals surface area (Å²) in [5.41, 5.74) is 0. The zero-order valence-corrected chi connectivity index (χ0v) is 7.06. The Hall–Kier alpha value is -0.850. The molecule has 1 fully saturated rings. The average Bonchev–Trinajstić information content (AvgIpc) is 2.09. The summed E-state index contributed by atoms with van der Waals surface area (Å²) >= 11 is 0. The van der Waals surface area contributed by atoms with Gasteiger partial charge in [0, 0.05) is 14.2 Å². The lowest BCUT2D eigenvalue weighted by molar-refractivity contribution is -0.243. The van der Waals surface area contributed by atoms with E-state index in [1.165, 1.54) is 12.0 Å². The van der Waals surface area contributed by atoms with Gasteiger partial charge in [0.2, 0.25) is 6.41 Å². The lowest BCUT2D eigenvalue weighted by Gasteiger charge is -2.37. The Morgan fingerprint density at radius 2 is 2.50 bits per heavy atom. The number of carbonyl (C=O) groups excluding carboxylic acids is 1. The number of rotatable bonds is 2. The highest BCUT2D eigenvalue weighted by Gasteiger charge is 2.31. The van der Waals surface area contributed by atoms with E-state index in [-0.39, 0.29) is 12.8 Å². The molecule has 2 amide bonds.